The Morgan fingerprint density at radius 3 is 1.48 bits per heavy atom. The highest BCUT2D eigenvalue weighted by Gasteiger charge is 2.24. The molecular weight excluding hydrogens is 637 g/mol. The number of amidine groups is 1. The lowest BCUT2D eigenvalue weighted by atomic mass is 10.0. The SMILES string of the molecule is C=C1/C=C\C=C/C/N=C(/c2cc(-c3nc4ccccc4n3-c3ccccc3)cc(-c3nc4ccccc4n3-c3ccccc3)c2)N1c1ccccc1. The summed E-state index contributed by atoms with van der Waals surface area (Å²) < 4.78 is 4.48. The monoisotopic (exact) mass is 670 g/mol. The fraction of sp³-hybridized carbons (Fsp3) is 0.0217. The second kappa shape index (κ2) is 13.3. The van der Waals surface area contributed by atoms with Gasteiger partial charge in [0.2, 0.25) is 0 Å². The third kappa shape index (κ3) is 5.62. The second-order valence-electron chi connectivity index (χ2n) is 12.6. The van der Waals surface area contributed by atoms with E-state index in [4.69, 9.17) is 15.0 Å². The van der Waals surface area contributed by atoms with Crippen LogP contribution in [-0.4, -0.2) is 31.5 Å². The van der Waals surface area contributed by atoms with Crippen LogP contribution in [0.3, 0.4) is 0 Å². The lowest BCUT2D eigenvalue weighted by molar-refractivity contribution is 1.09. The van der Waals surface area contributed by atoms with Crippen molar-refractivity contribution in [2.45, 2.75) is 0 Å². The Morgan fingerprint density at radius 2 is 0.942 bits per heavy atom. The highest BCUT2D eigenvalue weighted by Crippen LogP contribution is 2.36. The van der Waals surface area contributed by atoms with Crippen molar-refractivity contribution >= 4 is 33.6 Å². The standard InChI is InChI=1S/C46H34N6/c1-33-18-6-5-17-29-47-44(50(33)37-19-7-2-8-20-37)34-30-35(45-48-40-25-13-15-27-42(40)51(45)38-21-9-3-10-22-38)32-36(31-34)46-49-41-26-14-16-28-43(41)52(46)39-23-11-4-12-24-39/h2-28,30-32H,1,29H2/b17-5-,18-6-,47-44-. The summed E-state index contributed by atoms with van der Waals surface area (Å²) in [6, 6.07) is 54.3. The van der Waals surface area contributed by atoms with Crippen LogP contribution in [0.1, 0.15) is 5.56 Å². The van der Waals surface area contributed by atoms with E-state index in [0.29, 0.717) is 6.54 Å². The molecule has 0 unspecified atom stereocenters. The Hall–Kier alpha value is -7.05. The van der Waals surface area contributed by atoms with E-state index in [1.807, 2.05) is 60.7 Å². The summed E-state index contributed by atoms with van der Waals surface area (Å²) in [7, 11) is 0. The molecule has 0 N–H and O–H groups in total. The molecule has 9 rings (SSSR count). The number of imidazole rings is 2. The van der Waals surface area contributed by atoms with Crippen LogP contribution < -0.4 is 4.90 Å². The van der Waals surface area contributed by atoms with E-state index in [0.717, 1.165) is 79.0 Å². The van der Waals surface area contributed by atoms with Crippen LogP contribution in [0.5, 0.6) is 0 Å². The molecule has 2 aromatic heterocycles. The smallest absolute Gasteiger partial charge is 0.145 e. The number of rotatable bonds is 6. The van der Waals surface area contributed by atoms with Crippen LogP contribution in [0.15, 0.2) is 199 Å². The van der Waals surface area contributed by atoms with Gasteiger partial charge in [0.25, 0.3) is 0 Å². The lowest BCUT2D eigenvalue weighted by Gasteiger charge is -2.27. The molecule has 0 fully saturated rings. The molecule has 0 radical (unpaired) electrons. The van der Waals surface area contributed by atoms with Gasteiger partial charge in [-0.1, -0.05) is 104 Å². The maximum absolute atomic E-state index is 5.29. The van der Waals surface area contributed by atoms with Crippen LogP contribution in [-0.2, 0) is 0 Å². The van der Waals surface area contributed by atoms with Crippen molar-refractivity contribution < 1.29 is 0 Å². The summed E-state index contributed by atoms with van der Waals surface area (Å²) in [5.74, 6) is 2.43. The van der Waals surface area contributed by atoms with Gasteiger partial charge in [0.05, 0.1) is 28.6 Å². The zero-order chi connectivity index (χ0) is 34.9. The number of para-hydroxylation sites is 7. The Morgan fingerprint density at radius 1 is 0.481 bits per heavy atom. The molecule has 8 aromatic rings. The molecule has 6 aromatic carbocycles. The van der Waals surface area contributed by atoms with Crippen LogP contribution >= 0.6 is 0 Å². The molecule has 0 spiro atoms. The number of aromatic nitrogens is 4. The number of allylic oxidation sites excluding steroid dienone is 3. The van der Waals surface area contributed by atoms with E-state index in [-0.39, 0.29) is 0 Å². The fourth-order valence-electron chi connectivity index (χ4n) is 6.94. The number of nitrogens with zero attached hydrogens (tertiary/aromatic N) is 6. The van der Waals surface area contributed by atoms with Gasteiger partial charge in [-0.25, -0.2) is 9.97 Å². The predicted molar refractivity (Wildman–Crippen MR) is 214 cm³/mol. The lowest BCUT2D eigenvalue weighted by Crippen LogP contribution is -2.30. The van der Waals surface area contributed by atoms with Gasteiger partial charge in [-0.05, 0) is 84.9 Å². The molecule has 0 aliphatic carbocycles. The fourth-order valence-corrected chi connectivity index (χ4v) is 6.94. The van der Waals surface area contributed by atoms with Gasteiger partial charge >= 0.3 is 0 Å². The zero-order valence-electron chi connectivity index (χ0n) is 28.4. The summed E-state index contributed by atoms with van der Waals surface area (Å²) in [5.41, 5.74) is 10.5. The van der Waals surface area contributed by atoms with E-state index in [1.54, 1.807) is 0 Å². The maximum atomic E-state index is 5.29. The van der Waals surface area contributed by atoms with E-state index < -0.39 is 0 Å². The highest BCUT2D eigenvalue weighted by atomic mass is 15.2. The number of anilines is 1. The number of hydrogen-bond acceptors (Lipinski definition) is 4. The first-order valence-corrected chi connectivity index (χ1v) is 17.4. The van der Waals surface area contributed by atoms with Crippen LogP contribution in [0.2, 0.25) is 0 Å². The number of aliphatic imine (C=N–C) groups is 1. The summed E-state index contributed by atoms with van der Waals surface area (Å²) >= 11 is 0. The van der Waals surface area contributed by atoms with Crippen LogP contribution in [0.4, 0.5) is 5.69 Å². The number of fused-ring (bicyclic) bond motifs is 2. The van der Waals surface area contributed by atoms with Crippen molar-refractivity contribution in [3.05, 3.63) is 200 Å². The Bertz CT molecular complexity index is 2530. The van der Waals surface area contributed by atoms with Gasteiger partial charge in [0.15, 0.2) is 0 Å². The van der Waals surface area contributed by atoms with Crippen molar-refractivity contribution in [2.24, 2.45) is 4.99 Å². The largest absolute Gasteiger partial charge is 0.295 e. The second-order valence-corrected chi connectivity index (χ2v) is 12.6. The first-order chi connectivity index (χ1) is 25.7. The quantitative estimate of drug-likeness (QED) is 0.177. The third-order valence-electron chi connectivity index (χ3n) is 9.25. The summed E-state index contributed by atoms with van der Waals surface area (Å²) in [5, 5.41) is 0. The molecule has 248 valence electrons. The molecule has 0 atom stereocenters. The molecule has 0 saturated heterocycles. The minimum absolute atomic E-state index is 0.501. The molecule has 52 heavy (non-hydrogen) atoms. The summed E-state index contributed by atoms with van der Waals surface area (Å²) in [6.07, 6.45) is 8.13. The van der Waals surface area contributed by atoms with Crippen molar-refractivity contribution in [1.82, 2.24) is 19.1 Å². The molecule has 1 aliphatic heterocycles. The van der Waals surface area contributed by atoms with Gasteiger partial charge < -0.3 is 0 Å². The van der Waals surface area contributed by atoms with Crippen molar-refractivity contribution in [3.8, 4) is 34.2 Å². The zero-order valence-corrected chi connectivity index (χ0v) is 28.4. The average Bonchev–Trinajstić information content (AvgIpc) is 3.81. The topological polar surface area (TPSA) is 51.2 Å². The van der Waals surface area contributed by atoms with E-state index in [2.05, 4.69) is 142 Å². The summed E-state index contributed by atoms with van der Waals surface area (Å²) in [6.45, 7) is 5.01. The maximum Gasteiger partial charge on any atom is 0.145 e. The first kappa shape index (κ1) is 31.0. The van der Waals surface area contributed by atoms with E-state index >= 15 is 0 Å². The normalized spacial score (nSPS) is 15.5. The third-order valence-corrected chi connectivity index (χ3v) is 9.25. The van der Waals surface area contributed by atoms with Gasteiger partial charge in [-0.3, -0.25) is 19.0 Å². The molecular formula is C46H34N6. The van der Waals surface area contributed by atoms with E-state index in [1.165, 1.54) is 0 Å². The molecule has 0 saturated carbocycles. The molecule has 0 amide bonds. The minimum Gasteiger partial charge on any atom is -0.295 e. The van der Waals surface area contributed by atoms with Crippen molar-refractivity contribution in [2.75, 3.05) is 11.4 Å². The highest BCUT2D eigenvalue weighted by molar-refractivity contribution is 6.13. The Balaban J connectivity index is 1.36. The molecule has 6 heteroatoms. The van der Waals surface area contributed by atoms with Gasteiger partial charge in [-0.15, -0.1) is 0 Å². The molecule has 0 bridgehead atoms. The first-order valence-electron chi connectivity index (χ1n) is 17.4. The predicted octanol–water partition coefficient (Wildman–Crippen LogP) is 10.6. The Kier molecular flexibility index (Phi) is 7.95. The Labute approximate surface area is 302 Å². The number of hydrogen-bond donors (Lipinski definition) is 0. The van der Waals surface area contributed by atoms with Gasteiger partial charge in [0, 0.05) is 39.4 Å². The van der Waals surface area contributed by atoms with Crippen LogP contribution in [0.25, 0.3) is 56.2 Å². The molecule has 1 aliphatic rings. The van der Waals surface area contributed by atoms with Crippen molar-refractivity contribution in [3.63, 3.8) is 0 Å². The van der Waals surface area contributed by atoms with Crippen molar-refractivity contribution in [1.29, 1.82) is 0 Å². The molecule has 6 nitrogen and oxygen atoms in total. The summed E-state index contributed by atoms with van der Waals surface area (Å²) in [4.78, 5) is 17.9. The van der Waals surface area contributed by atoms with Gasteiger partial charge in [0.1, 0.15) is 17.5 Å². The van der Waals surface area contributed by atoms with E-state index in [9.17, 15) is 0 Å². The average molecular weight is 671 g/mol. The number of benzene rings is 6. The minimum atomic E-state index is 0.501. The van der Waals surface area contributed by atoms with Gasteiger partial charge in [-0.2, -0.15) is 0 Å². The molecule has 3 heterocycles. The van der Waals surface area contributed by atoms with Crippen LogP contribution in [0, 0.1) is 0 Å².